The number of hydrogen-bond donors (Lipinski definition) is 0. The molecule has 0 bridgehead atoms. The average Bonchev–Trinajstić information content (AvgIpc) is 1.81. The number of rotatable bonds is 3. The van der Waals surface area contributed by atoms with Crippen molar-refractivity contribution in [2.45, 2.75) is 52.6 Å². The average molecular weight is 250 g/mol. The Bertz CT molecular complexity index is 133. The van der Waals surface area contributed by atoms with Crippen molar-refractivity contribution in [2.24, 2.45) is 0 Å². The van der Waals surface area contributed by atoms with Crippen molar-refractivity contribution in [1.82, 2.24) is 4.57 Å². The van der Waals surface area contributed by atoms with E-state index < -0.39 is 0 Å². The van der Waals surface area contributed by atoms with Gasteiger partial charge in [-0.2, -0.15) is 0 Å². The predicted octanol–water partition coefficient (Wildman–Crippen LogP) is -1.58. The Labute approximate surface area is 93.4 Å². The van der Waals surface area contributed by atoms with E-state index in [1.807, 2.05) is 0 Å². The summed E-state index contributed by atoms with van der Waals surface area (Å²) in [5, 5.41) is 0. The molecule has 0 aromatic heterocycles. The molecule has 0 heterocycles. The first-order valence-electron chi connectivity index (χ1n) is 5.47. The maximum absolute atomic E-state index is 2.84. The van der Waals surface area contributed by atoms with Crippen molar-refractivity contribution in [3.05, 3.63) is 0 Å². The lowest BCUT2D eigenvalue weighted by molar-refractivity contribution is 0.142. The first-order valence-corrected chi connectivity index (χ1v) is 19.8. The van der Waals surface area contributed by atoms with Crippen LogP contribution in [0.15, 0.2) is 0 Å². The van der Waals surface area contributed by atoms with Gasteiger partial charge in [-0.3, -0.25) is 0 Å². The van der Waals surface area contributed by atoms with E-state index >= 15 is 0 Å². The Morgan fingerprint density at radius 3 is 1.54 bits per heavy atom. The van der Waals surface area contributed by atoms with Gasteiger partial charge < -0.3 is 4.57 Å². The third kappa shape index (κ3) is 5.31. The predicted molar refractivity (Wildman–Crippen MR) is 76.9 cm³/mol. The van der Waals surface area contributed by atoms with E-state index in [0.717, 1.165) is 0 Å². The molecule has 0 N–H and O–H groups in total. The fraction of sp³-hybridized carbons (Fsp3) is 1.00. The standard InChI is InChI=1S/C8H27NSi4/c1-7(2,3)9(8(4,5)6)11-13-12-10/h11-13H2,1-6,10H3. The summed E-state index contributed by atoms with van der Waals surface area (Å²) in [6, 6.07) is 0. The summed E-state index contributed by atoms with van der Waals surface area (Å²) in [6.07, 6.45) is 0. The Kier molecular flexibility index (Phi) is 5.38. The van der Waals surface area contributed by atoms with E-state index in [9.17, 15) is 0 Å². The topological polar surface area (TPSA) is 3.24 Å². The lowest BCUT2D eigenvalue weighted by atomic mass is 10.0. The summed E-state index contributed by atoms with van der Waals surface area (Å²) in [7, 11) is 2.80. The fourth-order valence-corrected chi connectivity index (χ4v) is 24.1. The van der Waals surface area contributed by atoms with Gasteiger partial charge in [0, 0.05) is 19.6 Å². The van der Waals surface area contributed by atoms with Gasteiger partial charge in [-0.1, -0.05) is 0 Å². The van der Waals surface area contributed by atoms with Gasteiger partial charge in [0.2, 0.25) is 0 Å². The van der Waals surface area contributed by atoms with Gasteiger partial charge in [0.15, 0.2) is 0 Å². The molecule has 0 spiro atoms. The highest BCUT2D eigenvalue weighted by molar-refractivity contribution is 7.40. The Balaban J connectivity index is 4.39. The minimum absolute atomic E-state index is 0.186. The minimum atomic E-state index is 0.186. The van der Waals surface area contributed by atoms with E-state index in [4.69, 9.17) is 0 Å². The molecule has 0 amide bonds. The molecule has 0 aliphatic carbocycles. The third-order valence-electron chi connectivity index (χ3n) is 2.35. The Hall–Kier alpha value is 0.828. The Morgan fingerprint density at radius 2 is 1.31 bits per heavy atom. The van der Waals surface area contributed by atoms with Crippen LogP contribution in [0.3, 0.4) is 0 Å². The van der Waals surface area contributed by atoms with E-state index in [2.05, 4.69) is 46.1 Å². The quantitative estimate of drug-likeness (QED) is 0.546. The molecular formula is C8H27NSi4. The molecule has 80 valence electrons. The van der Waals surface area contributed by atoms with Gasteiger partial charge in [0.25, 0.3) is 0 Å². The van der Waals surface area contributed by atoms with Crippen LogP contribution in [0.4, 0.5) is 0 Å². The number of nitrogens with zero attached hydrogens (tertiary/aromatic N) is 1. The second-order valence-corrected chi connectivity index (χ2v) is 30.5. The molecule has 0 aliphatic heterocycles. The zero-order valence-electron chi connectivity index (χ0n) is 10.6. The van der Waals surface area contributed by atoms with Gasteiger partial charge >= 0.3 is 0 Å². The van der Waals surface area contributed by atoms with E-state index in [0.29, 0.717) is 28.2 Å². The van der Waals surface area contributed by atoms with Crippen molar-refractivity contribution in [3.63, 3.8) is 0 Å². The largest absolute Gasteiger partial charge is 0.323 e. The summed E-state index contributed by atoms with van der Waals surface area (Å²) >= 11 is 0. The normalized spacial score (nSPS) is 16.8. The third-order valence-corrected chi connectivity index (χ3v) is 38.4. The van der Waals surface area contributed by atoms with Crippen molar-refractivity contribution in [3.8, 4) is 0 Å². The molecule has 0 aromatic carbocycles. The molecule has 0 saturated heterocycles. The van der Waals surface area contributed by atoms with Crippen molar-refractivity contribution in [2.75, 3.05) is 0 Å². The van der Waals surface area contributed by atoms with Crippen LogP contribution in [0, 0.1) is 0 Å². The monoisotopic (exact) mass is 249 g/mol. The highest BCUT2D eigenvalue weighted by Gasteiger charge is 2.30. The summed E-state index contributed by atoms with van der Waals surface area (Å²) < 4.78 is 2.84. The van der Waals surface area contributed by atoms with Gasteiger partial charge in [-0.25, -0.2) is 0 Å². The van der Waals surface area contributed by atoms with Gasteiger partial charge in [0.05, 0.1) is 9.20 Å². The van der Waals surface area contributed by atoms with Crippen LogP contribution >= 0.6 is 0 Å². The molecular weight excluding hydrogens is 222 g/mol. The zero-order valence-corrected chi connectivity index (χ0v) is 16.8. The maximum atomic E-state index is 2.84. The molecule has 0 unspecified atom stereocenters. The molecule has 0 aromatic rings. The highest BCUT2D eigenvalue weighted by atomic mass is 29.7. The van der Waals surface area contributed by atoms with Gasteiger partial charge in [-0.05, 0) is 59.9 Å². The summed E-state index contributed by atoms with van der Waals surface area (Å²) in [5.74, 6) is 0. The maximum Gasteiger partial charge on any atom is 0.0774 e. The summed E-state index contributed by atoms with van der Waals surface area (Å²) in [5.41, 5.74) is 0.838. The van der Waals surface area contributed by atoms with Crippen LogP contribution in [0.25, 0.3) is 0 Å². The summed E-state index contributed by atoms with van der Waals surface area (Å²) in [6.45, 7) is 14.3. The summed E-state index contributed by atoms with van der Waals surface area (Å²) in [4.78, 5) is 0. The van der Waals surface area contributed by atoms with Crippen LogP contribution in [-0.4, -0.2) is 51.7 Å². The smallest absolute Gasteiger partial charge is 0.0774 e. The number of hydrogen-bond acceptors (Lipinski definition) is 1. The SMILES string of the molecule is CC(C)(C)N([SiH2][SiH2][SiH2][SiH3])C(C)(C)C. The van der Waals surface area contributed by atoms with Crippen LogP contribution in [-0.2, 0) is 0 Å². The molecule has 0 saturated carbocycles. The van der Waals surface area contributed by atoms with Crippen LogP contribution in [0.5, 0.6) is 0 Å². The first kappa shape index (κ1) is 13.8. The molecule has 0 radical (unpaired) electrons. The van der Waals surface area contributed by atoms with Crippen molar-refractivity contribution < 1.29 is 0 Å². The van der Waals surface area contributed by atoms with Crippen LogP contribution in [0.1, 0.15) is 41.5 Å². The highest BCUT2D eigenvalue weighted by Crippen LogP contribution is 2.22. The lowest BCUT2D eigenvalue weighted by Crippen LogP contribution is -2.56. The van der Waals surface area contributed by atoms with Crippen LogP contribution in [0.2, 0.25) is 0 Å². The molecule has 1 nitrogen and oxygen atoms in total. The Morgan fingerprint density at radius 1 is 0.923 bits per heavy atom. The zero-order chi connectivity index (χ0) is 10.7. The van der Waals surface area contributed by atoms with Crippen molar-refractivity contribution in [1.29, 1.82) is 0 Å². The second-order valence-electron chi connectivity index (χ2n) is 5.85. The second kappa shape index (κ2) is 5.06. The first-order chi connectivity index (χ1) is 5.69. The molecule has 0 aliphatic rings. The molecule has 0 rings (SSSR count). The molecule has 13 heavy (non-hydrogen) atoms. The van der Waals surface area contributed by atoms with Gasteiger partial charge in [0.1, 0.15) is 0 Å². The lowest BCUT2D eigenvalue weighted by Gasteiger charge is -2.46. The minimum Gasteiger partial charge on any atom is -0.323 e. The molecule has 5 heteroatoms. The van der Waals surface area contributed by atoms with E-state index in [1.165, 1.54) is 0 Å². The van der Waals surface area contributed by atoms with E-state index in [-0.39, 0.29) is 9.20 Å². The van der Waals surface area contributed by atoms with Gasteiger partial charge in [-0.15, -0.1) is 0 Å². The van der Waals surface area contributed by atoms with E-state index in [1.54, 1.807) is 9.76 Å². The van der Waals surface area contributed by atoms with Crippen molar-refractivity contribution >= 4 is 36.1 Å². The fourth-order valence-electron chi connectivity index (χ4n) is 1.99. The molecule has 0 atom stereocenters. The van der Waals surface area contributed by atoms with Crippen LogP contribution < -0.4 is 0 Å². The molecule has 0 fully saturated rings.